The molecule has 156 valence electrons. The summed E-state index contributed by atoms with van der Waals surface area (Å²) < 4.78 is 15.4. The first-order valence-electron chi connectivity index (χ1n) is 9.14. The van der Waals surface area contributed by atoms with Gasteiger partial charge in [-0.3, -0.25) is 19.2 Å². The molecule has 0 saturated carbocycles. The lowest BCUT2D eigenvalue weighted by molar-refractivity contribution is -0.140. The van der Waals surface area contributed by atoms with Crippen LogP contribution in [0, 0.1) is 0 Å². The number of carbonyl (C=O) groups is 4. The SMILES string of the molecule is CC(=O)OCC(=CCc1cc(OC(C)=O)ccc1OC(C)=O)CCC=C(C)C=O. The highest BCUT2D eigenvalue weighted by Crippen LogP contribution is 2.26. The lowest BCUT2D eigenvalue weighted by Gasteiger charge is -2.11. The molecule has 1 aromatic carbocycles. The highest BCUT2D eigenvalue weighted by molar-refractivity contribution is 5.72. The molecule has 0 heterocycles. The van der Waals surface area contributed by atoms with Crippen LogP contribution >= 0.6 is 0 Å². The summed E-state index contributed by atoms with van der Waals surface area (Å²) in [6, 6.07) is 4.72. The van der Waals surface area contributed by atoms with Gasteiger partial charge in [0.2, 0.25) is 0 Å². The van der Waals surface area contributed by atoms with Crippen molar-refractivity contribution in [2.24, 2.45) is 0 Å². The molecule has 0 radical (unpaired) electrons. The van der Waals surface area contributed by atoms with Crippen LogP contribution in [0.4, 0.5) is 0 Å². The molecule has 0 unspecified atom stereocenters. The molecule has 7 nitrogen and oxygen atoms in total. The quantitative estimate of drug-likeness (QED) is 0.194. The maximum atomic E-state index is 11.4. The highest BCUT2D eigenvalue weighted by Gasteiger charge is 2.10. The van der Waals surface area contributed by atoms with Gasteiger partial charge in [0.25, 0.3) is 0 Å². The zero-order valence-electron chi connectivity index (χ0n) is 17.2. The number of hydrogen-bond acceptors (Lipinski definition) is 7. The average Bonchev–Trinajstić information content (AvgIpc) is 2.64. The van der Waals surface area contributed by atoms with Gasteiger partial charge >= 0.3 is 17.9 Å². The first-order chi connectivity index (χ1) is 13.7. The summed E-state index contributed by atoms with van der Waals surface area (Å²) in [5.41, 5.74) is 2.11. The van der Waals surface area contributed by atoms with Gasteiger partial charge < -0.3 is 14.2 Å². The Labute approximate surface area is 170 Å². The van der Waals surface area contributed by atoms with Gasteiger partial charge in [0, 0.05) is 26.3 Å². The van der Waals surface area contributed by atoms with E-state index in [-0.39, 0.29) is 6.61 Å². The van der Waals surface area contributed by atoms with E-state index in [1.54, 1.807) is 31.2 Å². The third-order valence-corrected chi connectivity index (χ3v) is 3.74. The summed E-state index contributed by atoms with van der Waals surface area (Å²) >= 11 is 0. The van der Waals surface area contributed by atoms with E-state index in [0.717, 1.165) is 11.9 Å². The van der Waals surface area contributed by atoms with E-state index in [2.05, 4.69) is 0 Å². The number of ether oxygens (including phenoxy) is 3. The van der Waals surface area contributed by atoms with Gasteiger partial charge in [-0.15, -0.1) is 0 Å². The smallest absolute Gasteiger partial charge is 0.308 e. The average molecular weight is 402 g/mol. The van der Waals surface area contributed by atoms with Crippen LogP contribution in [0.2, 0.25) is 0 Å². The van der Waals surface area contributed by atoms with E-state index >= 15 is 0 Å². The fourth-order valence-electron chi connectivity index (χ4n) is 2.41. The lowest BCUT2D eigenvalue weighted by Crippen LogP contribution is -2.07. The minimum absolute atomic E-state index is 0.121. The second-order valence-corrected chi connectivity index (χ2v) is 6.41. The van der Waals surface area contributed by atoms with Crippen molar-refractivity contribution in [3.05, 3.63) is 47.1 Å². The summed E-state index contributed by atoms with van der Waals surface area (Å²) in [6.45, 7) is 5.76. The Bertz CT molecular complexity index is 818. The van der Waals surface area contributed by atoms with Crippen LogP contribution in [0.25, 0.3) is 0 Å². The Morgan fingerprint density at radius 2 is 1.62 bits per heavy atom. The van der Waals surface area contributed by atoms with Gasteiger partial charge in [-0.1, -0.05) is 12.2 Å². The van der Waals surface area contributed by atoms with Crippen molar-refractivity contribution in [1.29, 1.82) is 0 Å². The molecule has 0 fully saturated rings. The van der Waals surface area contributed by atoms with Gasteiger partial charge in [0.15, 0.2) is 0 Å². The molecule has 29 heavy (non-hydrogen) atoms. The van der Waals surface area contributed by atoms with Crippen LogP contribution in [-0.2, 0) is 30.3 Å². The maximum absolute atomic E-state index is 11.4. The Hall–Kier alpha value is -3.22. The number of benzene rings is 1. The number of carbonyl (C=O) groups excluding carboxylic acids is 4. The van der Waals surface area contributed by atoms with Crippen molar-refractivity contribution in [2.75, 3.05) is 6.61 Å². The standard InChI is InChI=1S/C22H26O7/c1-15(13-23)6-5-7-19(14-27-16(2)24)8-9-20-12-21(28-17(3)25)10-11-22(20)29-18(4)26/h6,8,10-13H,5,7,9,14H2,1-4H3. The topological polar surface area (TPSA) is 96.0 Å². The molecule has 0 aliphatic rings. The first-order valence-corrected chi connectivity index (χ1v) is 9.14. The van der Waals surface area contributed by atoms with Gasteiger partial charge in [-0.05, 0) is 55.5 Å². The largest absolute Gasteiger partial charge is 0.461 e. The molecule has 0 atom stereocenters. The Balaban J connectivity index is 3.07. The molecule has 0 N–H and O–H groups in total. The van der Waals surface area contributed by atoms with Crippen molar-refractivity contribution in [3.63, 3.8) is 0 Å². The van der Waals surface area contributed by atoms with Crippen molar-refractivity contribution in [2.45, 2.75) is 47.0 Å². The third-order valence-electron chi connectivity index (χ3n) is 3.74. The molecule has 7 heteroatoms. The van der Waals surface area contributed by atoms with Crippen molar-refractivity contribution < 1.29 is 33.4 Å². The molecule has 0 aliphatic heterocycles. The van der Waals surface area contributed by atoms with Gasteiger partial charge in [-0.2, -0.15) is 0 Å². The summed E-state index contributed by atoms with van der Waals surface area (Å²) in [6.07, 6.45) is 6.02. The molecule has 1 rings (SSSR count). The zero-order valence-corrected chi connectivity index (χ0v) is 17.2. The predicted molar refractivity (Wildman–Crippen MR) is 107 cm³/mol. The van der Waals surface area contributed by atoms with Crippen LogP contribution in [-0.4, -0.2) is 30.8 Å². The van der Waals surface area contributed by atoms with Gasteiger partial charge in [0.1, 0.15) is 24.4 Å². The van der Waals surface area contributed by atoms with Crippen molar-refractivity contribution in [3.8, 4) is 11.5 Å². The summed E-state index contributed by atoms with van der Waals surface area (Å²) in [7, 11) is 0. The molecule has 0 spiro atoms. The lowest BCUT2D eigenvalue weighted by atomic mass is 10.0. The van der Waals surface area contributed by atoms with Gasteiger partial charge in [-0.25, -0.2) is 0 Å². The fourth-order valence-corrected chi connectivity index (χ4v) is 2.41. The number of allylic oxidation sites excluding steroid dienone is 3. The number of aldehydes is 1. The van der Waals surface area contributed by atoms with Crippen LogP contribution in [0.5, 0.6) is 11.5 Å². The molecular formula is C22H26O7. The van der Waals surface area contributed by atoms with Crippen LogP contribution in [0.3, 0.4) is 0 Å². The number of rotatable bonds is 10. The molecule has 0 amide bonds. The minimum atomic E-state index is -0.468. The van der Waals surface area contributed by atoms with Gasteiger partial charge in [0.05, 0.1) is 0 Å². The zero-order chi connectivity index (χ0) is 21.8. The van der Waals surface area contributed by atoms with Crippen molar-refractivity contribution >= 4 is 24.2 Å². The second-order valence-electron chi connectivity index (χ2n) is 6.41. The Morgan fingerprint density at radius 3 is 2.21 bits per heavy atom. The van der Waals surface area contributed by atoms with E-state index in [0.29, 0.717) is 41.9 Å². The molecule has 0 aliphatic carbocycles. The fraction of sp³-hybridized carbons (Fsp3) is 0.364. The molecule has 0 aromatic heterocycles. The summed E-state index contributed by atoms with van der Waals surface area (Å²) in [4.78, 5) is 44.4. The van der Waals surface area contributed by atoms with E-state index in [1.165, 1.54) is 20.8 Å². The molecule has 0 bridgehead atoms. The van der Waals surface area contributed by atoms with E-state index in [9.17, 15) is 19.2 Å². The first kappa shape index (κ1) is 23.8. The third kappa shape index (κ3) is 10.0. The van der Waals surface area contributed by atoms with E-state index in [1.807, 2.05) is 6.08 Å². The monoisotopic (exact) mass is 402 g/mol. The Kier molecular flexibility index (Phi) is 10.1. The van der Waals surface area contributed by atoms with Crippen molar-refractivity contribution in [1.82, 2.24) is 0 Å². The Morgan fingerprint density at radius 1 is 0.931 bits per heavy atom. The molecule has 0 saturated heterocycles. The normalized spacial score (nSPS) is 11.6. The predicted octanol–water partition coefficient (Wildman–Crippen LogP) is 3.49. The van der Waals surface area contributed by atoms with Crippen LogP contribution in [0.15, 0.2) is 41.5 Å². The van der Waals surface area contributed by atoms with E-state index in [4.69, 9.17) is 14.2 Å². The van der Waals surface area contributed by atoms with Crippen LogP contribution < -0.4 is 9.47 Å². The molecule has 1 aromatic rings. The maximum Gasteiger partial charge on any atom is 0.308 e. The summed E-state index contributed by atoms with van der Waals surface area (Å²) in [5, 5.41) is 0. The summed E-state index contributed by atoms with van der Waals surface area (Å²) in [5.74, 6) is -0.631. The molecular weight excluding hydrogens is 376 g/mol. The van der Waals surface area contributed by atoms with E-state index < -0.39 is 17.9 Å². The second kappa shape index (κ2) is 12.3. The van der Waals surface area contributed by atoms with Crippen LogP contribution in [0.1, 0.15) is 46.1 Å². The number of hydrogen-bond donors (Lipinski definition) is 0. The minimum Gasteiger partial charge on any atom is -0.461 e. The number of esters is 3. The highest BCUT2D eigenvalue weighted by atomic mass is 16.5.